The number of thiazole rings is 1. The smallest absolute Gasteiger partial charge is 0.297 e. The molecule has 1 amide bonds. The molecule has 21 heavy (non-hydrogen) atoms. The first-order chi connectivity index (χ1) is 10.1. The van der Waals surface area contributed by atoms with Crippen LogP contribution in [-0.2, 0) is 20.5 Å². The number of amides is 1. The number of carbonyl (C=O) groups is 1. The van der Waals surface area contributed by atoms with Crippen molar-refractivity contribution in [2.75, 3.05) is 0 Å². The molecule has 0 unspecified atom stereocenters. The molecule has 6 heteroatoms. The van der Waals surface area contributed by atoms with Gasteiger partial charge in [0.25, 0.3) is 5.91 Å². The quantitative estimate of drug-likeness (QED) is 0.729. The Morgan fingerprint density at radius 2 is 2.14 bits per heavy atom. The minimum absolute atomic E-state index is 0.268. The summed E-state index contributed by atoms with van der Waals surface area (Å²) in [5.74, 6) is -0.268. The van der Waals surface area contributed by atoms with Crippen LogP contribution in [0.2, 0.25) is 0 Å². The van der Waals surface area contributed by atoms with Gasteiger partial charge in [-0.2, -0.15) is 10.1 Å². The number of aromatic nitrogens is 3. The Kier molecular flexibility index (Phi) is 3.47. The molecule has 0 aliphatic carbocycles. The molecule has 0 aliphatic rings. The zero-order chi connectivity index (χ0) is 15.0. The van der Waals surface area contributed by atoms with Gasteiger partial charge in [-0.05, 0) is 24.1 Å². The van der Waals surface area contributed by atoms with Crippen molar-refractivity contribution in [3.8, 4) is 0 Å². The summed E-state index contributed by atoms with van der Waals surface area (Å²) in [6.07, 6.45) is 2.56. The summed E-state index contributed by atoms with van der Waals surface area (Å²) in [5.41, 5.74) is 2.91. The topological polar surface area (TPSA) is 52.2 Å². The van der Waals surface area contributed by atoms with E-state index in [-0.39, 0.29) is 5.91 Å². The molecule has 1 aromatic carbocycles. The first-order valence-electron chi connectivity index (χ1n) is 6.76. The van der Waals surface area contributed by atoms with Crippen LogP contribution >= 0.6 is 11.3 Å². The number of hydrogen-bond donors (Lipinski definition) is 0. The van der Waals surface area contributed by atoms with Crippen molar-refractivity contribution in [3.63, 3.8) is 0 Å². The van der Waals surface area contributed by atoms with E-state index in [0.29, 0.717) is 10.5 Å². The lowest BCUT2D eigenvalue weighted by molar-refractivity contribution is 0.0989. The second-order valence-electron chi connectivity index (χ2n) is 4.82. The molecule has 0 bridgehead atoms. The highest BCUT2D eigenvalue weighted by Gasteiger charge is 2.11. The van der Waals surface area contributed by atoms with Gasteiger partial charge in [0.2, 0.25) is 0 Å². The Hall–Kier alpha value is -2.21. The van der Waals surface area contributed by atoms with E-state index in [0.717, 1.165) is 16.6 Å². The highest BCUT2D eigenvalue weighted by atomic mass is 32.1. The molecular weight excluding hydrogens is 284 g/mol. The van der Waals surface area contributed by atoms with Gasteiger partial charge < -0.3 is 4.57 Å². The summed E-state index contributed by atoms with van der Waals surface area (Å²) in [6.45, 7) is 2.13. The fourth-order valence-electron chi connectivity index (χ4n) is 2.40. The Morgan fingerprint density at radius 3 is 2.81 bits per heavy atom. The number of aryl methyl sites for hydroxylation is 3. The highest BCUT2D eigenvalue weighted by Crippen LogP contribution is 2.21. The maximum atomic E-state index is 12.2. The summed E-state index contributed by atoms with van der Waals surface area (Å²) in [6, 6.07) is 7.90. The van der Waals surface area contributed by atoms with Crippen molar-refractivity contribution in [2.24, 2.45) is 19.1 Å². The number of hydrogen-bond acceptors (Lipinski definition) is 3. The lowest BCUT2D eigenvalue weighted by Crippen LogP contribution is -2.15. The summed E-state index contributed by atoms with van der Waals surface area (Å²) in [4.78, 5) is 17.2. The average Bonchev–Trinajstić information content (AvgIpc) is 3.03. The van der Waals surface area contributed by atoms with Gasteiger partial charge in [-0.25, -0.2) is 0 Å². The average molecular weight is 300 g/mol. The monoisotopic (exact) mass is 300 g/mol. The van der Waals surface area contributed by atoms with Gasteiger partial charge in [-0.1, -0.05) is 30.4 Å². The van der Waals surface area contributed by atoms with Gasteiger partial charge in [0.05, 0.1) is 10.2 Å². The molecule has 3 aromatic rings. The zero-order valence-corrected chi connectivity index (χ0v) is 13.0. The molecule has 0 fully saturated rings. The number of benzene rings is 1. The molecule has 5 nitrogen and oxygen atoms in total. The standard InChI is InChI=1S/C15H16N4OS/c1-4-10-6-5-7-12-13(10)18(2)15(21-12)17-14(20)11-8-9-16-19(11)3/h5-9H,4H2,1-3H3. The Bertz CT molecular complexity index is 885. The molecule has 2 aromatic heterocycles. The summed E-state index contributed by atoms with van der Waals surface area (Å²) >= 11 is 1.53. The van der Waals surface area contributed by atoms with Crippen LogP contribution in [0.5, 0.6) is 0 Å². The van der Waals surface area contributed by atoms with Crippen LogP contribution in [0.4, 0.5) is 0 Å². The third kappa shape index (κ3) is 2.31. The van der Waals surface area contributed by atoms with Crippen molar-refractivity contribution < 1.29 is 4.79 Å². The molecule has 0 aliphatic heterocycles. The molecular formula is C15H16N4OS. The van der Waals surface area contributed by atoms with Gasteiger partial charge in [-0.15, -0.1) is 0 Å². The molecule has 0 saturated carbocycles. The van der Waals surface area contributed by atoms with Crippen molar-refractivity contribution >= 4 is 27.5 Å². The van der Waals surface area contributed by atoms with E-state index < -0.39 is 0 Å². The van der Waals surface area contributed by atoms with Crippen LogP contribution in [0.1, 0.15) is 23.0 Å². The van der Waals surface area contributed by atoms with Gasteiger partial charge >= 0.3 is 0 Å². The van der Waals surface area contributed by atoms with Crippen LogP contribution < -0.4 is 4.80 Å². The maximum absolute atomic E-state index is 12.2. The van der Waals surface area contributed by atoms with E-state index in [9.17, 15) is 4.79 Å². The summed E-state index contributed by atoms with van der Waals surface area (Å²) in [7, 11) is 3.69. The van der Waals surface area contributed by atoms with Crippen molar-refractivity contribution in [1.29, 1.82) is 0 Å². The van der Waals surface area contributed by atoms with Crippen molar-refractivity contribution in [2.45, 2.75) is 13.3 Å². The zero-order valence-electron chi connectivity index (χ0n) is 12.2. The fourth-order valence-corrected chi connectivity index (χ4v) is 3.47. The molecule has 0 atom stereocenters. The second kappa shape index (κ2) is 5.29. The van der Waals surface area contributed by atoms with Crippen molar-refractivity contribution in [1.82, 2.24) is 14.3 Å². The molecule has 0 spiro atoms. The third-order valence-electron chi connectivity index (χ3n) is 3.52. The molecule has 108 valence electrons. The first kappa shape index (κ1) is 13.8. The second-order valence-corrected chi connectivity index (χ2v) is 5.83. The predicted molar refractivity (Wildman–Crippen MR) is 83.3 cm³/mol. The van der Waals surface area contributed by atoms with Crippen LogP contribution in [0.25, 0.3) is 10.2 Å². The van der Waals surface area contributed by atoms with E-state index in [2.05, 4.69) is 29.1 Å². The van der Waals surface area contributed by atoms with Crippen LogP contribution in [0.3, 0.4) is 0 Å². The number of para-hydroxylation sites is 1. The first-order valence-corrected chi connectivity index (χ1v) is 7.58. The minimum atomic E-state index is -0.268. The van der Waals surface area contributed by atoms with Crippen LogP contribution in [-0.4, -0.2) is 20.3 Å². The molecule has 0 saturated heterocycles. The van der Waals surface area contributed by atoms with Crippen LogP contribution in [0.15, 0.2) is 35.5 Å². The van der Waals surface area contributed by atoms with E-state index >= 15 is 0 Å². The third-order valence-corrected chi connectivity index (χ3v) is 4.62. The summed E-state index contributed by atoms with van der Waals surface area (Å²) < 4.78 is 4.68. The number of rotatable bonds is 2. The summed E-state index contributed by atoms with van der Waals surface area (Å²) in [5, 5.41) is 4.00. The van der Waals surface area contributed by atoms with Gasteiger partial charge in [0, 0.05) is 20.3 Å². The molecule has 0 N–H and O–H groups in total. The SMILES string of the molecule is CCc1cccc2sc(=NC(=O)c3ccnn3C)n(C)c12. The van der Waals surface area contributed by atoms with Gasteiger partial charge in [-0.3, -0.25) is 9.48 Å². The van der Waals surface area contributed by atoms with Gasteiger partial charge in [0.15, 0.2) is 4.80 Å². The largest absolute Gasteiger partial charge is 0.319 e. The normalized spacial score (nSPS) is 12.2. The number of nitrogens with zero attached hydrogens (tertiary/aromatic N) is 4. The highest BCUT2D eigenvalue weighted by molar-refractivity contribution is 7.16. The predicted octanol–water partition coefficient (Wildman–Crippen LogP) is 2.28. The van der Waals surface area contributed by atoms with E-state index in [1.807, 2.05) is 17.7 Å². The van der Waals surface area contributed by atoms with E-state index in [4.69, 9.17) is 0 Å². The molecule has 0 radical (unpaired) electrons. The fraction of sp³-hybridized carbons (Fsp3) is 0.267. The van der Waals surface area contributed by atoms with E-state index in [1.165, 1.54) is 21.6 Å². The lowest BCUT2D eigenvalue weighted by atomic mass is 10.1. The number of carbonyl (C=O) groups excluding carboxylic acids is 1. The molecule has 3 rings (SSSR count). The lowest BCUT2D eigenvalue weighted by Gasteiger charge is -2.01. The Labute approximate surface area is 126 Å². The van der Waals surface area contributed by atoms with Gasteiger partial charge in [0.1, 0.15) is 5.69 Å². The maximum Gasteiger partial charge on any atom is 0.297 e. The van der Waals surface area contributed by atoms with Crippen LogP contribution in [0, 0.1) is 0 Å². The Morgan fingerprint density at radius 1 is 1.33 bits per heavy atom. The minimum Gasteiger partial charge on any atom is -0.319 e. The molecule has 2 heterocycles. The number of fused-ring (bicyclic) bond motifs is 1. The Balaban J connectivity index is 2.17. The van der Waals surface area contributed by atoms with Crippen molar-refractivity contribution in [3.05, 3.63) is 46.5 Å². The van der Waals surface area contributed by atoms with E-state index in [1.54, 1.807) is 19.3 Å².